The maximum Gasteiger partial charge on any atom is 0.191 e. The Morgan fingerprint density at radius 3 is 2.67 bits per heavy atom. The van der Waals surface area contributed by atoms with Crippen molar-refractivity contribution in [3.05, 3.63) is 0 Å². The maximum absolute atomic E-state index is 5.77. The molecule has 2 fully saturated rings. The molecule has 6 heteroatoms. The predicted molar refractivity (Wildman–Crippen MR) is 98.7 cm³/mol. The van der Waals surface area contributed by atoms with Crippen molar-refractivity contribution in [2.24, 2.45) is 4.99 Å². The second kappa shape index (κ2) is 11.7. The van der Waals surface area contributed by atoms with E-state index in [4.69, 9.17) is 9.47 Å². The summed E-state index contributed by atoms with van der Waals surface area (Å²) >= 11 is 0. The molecule has 1 unspecified atom stereocenters. The zero-order valence-electron chi connectivity index (χ0n) is 15.6. The molecule has 0 aromatic rings. The van der Waals surface area contributed by atoms with Gasteiger partial charge >= 0.3 is 0 Å². The quantitative estimate of drug-likeness (QED) is 0.379. The van der Waals surface area contributed by atoms with Crippen molar-refractivity contribution in [1.82, 2.24) is 15.5 Å². The number of nitrogens with zero attached hydrogens (tertiary/aromatic N) is 2. The molecule has 1 aliphatic heterocycles. The third-order valence-electron chi connectivity index (χ3n) is 5.03. The van der Waals surface area contributed by atoms with E-state index in [-0.39, 0.29) is 0 Å². The lowest BCUT2D eigenvalue weighted by atomic mass is 9.94. The zero-order chi connectivity index (χ0) is 17.0. The number of aliphatic imine (C=N–C) groups is 1. The predicted octanol–water partition coefficient (Wildman–Crippen LogP) is 1.61. The number of rotatable bonds is 9. The van der Waals surface area contributed by atoms with E-state index in [2.05, 4.69) is 27.6 Å². The molecule has 0 spiro atoms. The summed E-state index contributed by atoms with van der Waals surface area (Å²) in [7, 11) is 4.07. The average Bonchev–Trinajstić information content (AvgIpc) is 3.14. The first-order chi connectivity index (χ1) is 11.8. The minimum absolute atomic E-state index is 0.303. The van der Waals surface area contributed by atoms with Crippen LogP contribution in [-0.4, -0.2) is 76.6 Å². The van der Waals surface area contributed by atoms with Crippen molar-refractivity contribution in [3.8, 4) is 0 Å². The van der Waals surface area contributed by atoms with E-state index in [9.17, 15) is 0 Å². The van der Waals surface area contributed by atoms with E-state index in [1.807, 2.05) is 7.05 Å². The van der Waals surface area contributed by atoms with Crippen LogP contribution in [0, 0.1) is 0 Å². The lowest BCUT2D eigenvalue weighted by Gasteiger charge is -2.31. The molecular weight excluding hydrogens is 304 g/mol. The lowest BCUT2D eigenvalue weighted by Crippen LogP contribution is -2.43. The molecule has 6 nitrogen and oxygen atoms in total. The van der Waals surface area contributed by atoms with Crippen LogP contribution in [0.3, 0.4) is 0 Å². The highest BCUT2D eigenvalue weighted by Gasteiger charge is 2.17. The second-order valence-electron chi connectivity index (χ2n) is 6.91. The summed E-state index contributed by atoms with van der Waals surface area (Å²) in [6, 6.07) is 0.771. The molecule has 0 radical (unpaired) electrons. The molecule has 0 bridgehead atoms. The van der Waals surface area contributed by atoms with E-state index >= 15 is 0 Å². The number of likely N-dealkylation sites (N-methyl/N-ethyl adjacent to an activating group) is 1. The molecule has 1 heterocycles. The normalized spacial score (nSPS) is 23.0. The summed E-state index contributed by atoms with van der Waals surface area (Å²) in [5.74, 6) is 0.885. The summed E-state index contributed by atoms with van der Waals surface area (Å²) in [4.78, 5) is 6.78. The monoisotopic (exact) mass is 340 g/mol. The maximum atomic E-state index is 5.77. The summed E-state index contributed by atoms with van der Waals surface area (Å²) in [5, 5.41) is 6.77. The van der Waals surface area contributed by atoms with Gasteiger partial charge in [-0.2, -0.15) is 0 Å². The van der Waals surface area contributed by atoms with Gasteiger partial charge in [0, 0.05) is 45.9 Å². The molecule has 2 rings (SSSR count). The van der Waals surface area contributed by atoms with Crippen molar-refractivity contribution in [1.29, 1.82) is 0 Å². The molecule has 1 aliphatic carbocycles. The van der Waals surface area contributed by atoms with Crippen LogP contribution < -0.4 is 10.6 Å². The van der Waals surface area contributed by atoms with Crippen LogP contribution in [0.25, 0.3) is 0 Å². The van der Waals surface area contributed by atoms with Crippen molar-refractivity contribution in [3.63, 3.8) is 0 Å². The molecule has 1 saturated heterocycles. The van der Waals surface area contributed by atoms with Crippen LogP contribution in [0.2, 0.25) is 0 Å². The number of hydrogen-bond donors (Lipinski definition) is 2. The molecule has 0 aromatic heterocycles. The van der Waals surface area contributed by atoms with Crippen LogP contribution in [0.1, 0.15) is 44.9 Å². The van der Waals surface area contributed by atoms with Gasteiger partial charge < -0.3 is 25.0 Å². The first-order valence-corrected chi connectivity index (χ1v) is 9.63. The van der Waals surface area contributed by atoms with Gasteiger partial charge in [0.25, 0.3) is 0 Å². The Bertz CT molecular complexity index is 353. The summed E-state index contributed by atoms with van der Waals surface area (Å²) in [6.45, 7) is 5.26. The Balaban J connectivity index is 1.48. The Morgan fingerprint density at radius 1 is 1.17 bits per heavy atom. The largest absolute Gasteiger partial charge is 0.379 e. The fourth-order valence-electron chi connectivity index (χ4n) is 3.45. The van der Waals surface area contributed by atoms with Gasteiger partial charge in [0.2, 0.25) is 0 Å². The smallest absolute Gasteiger partial charge is 0.191 e. The Labute approximate surface area is 147 Å². The molecule has 1 saturated carbocycles. The first kappa shape index (κ1) is 19.5. The van der Waals surface area contributed by atoms with Gasteiger partial charge in [-0.05, 0) is 32.7 Å². The number of hydrogen-bond acceptors (Lipinski definition) is 4. The van der Waals surface area contributed by atoms with Crippen LogP contribution in [0.15, 0.2) is 4.99 Å². The molecule has 0 amide bonds. The molecule has 1 atom stereocenters. The van der Waals surface area contributed by atoms with Gasteiger partial charge in [-0.3, -0.25) is 4.99 Å². The minimum atomic E-state index is 0.303. The third-order valence-corrected chi connectivity index (χ3v) is 5.03. The Hall–Kier alpha value is -0.850. The van der Waals surface area contributed by atoms with Crippen LogP contribution in [0.5, 0.6) is 0 Å². The summed E-state index contributed by atoms with van der Waals surface area (Å²) in [5.41, 5.74) is 0. The van der Waals surface area contributed by atoms with Gasteiger partial charge in [0.1, 0.15) is 0 Å². The topological polar surface area (TPSA) is 58.1 Å². The van der Waals surface area contributed by atoms with Crippen molar-refractivity contribution < 1.29 is 9.47 Å². The molecule has 2 N–H and O–H groups in total. The number of ether oxygens (including phenoxy) is 2. The lowest BCUT2D eigenvalue weighted by molar-refractivity contribution is 0.0420. The molecule has 140 valence electrons. The van der Waals surface area contributed by atoms with Crippen molar-refractivity contribution >= 4 is 5.96 Å². The van der Waals surface area contributed by atoms with E-state index < -0.39 is 0 Å². The van der Waals surface area contributed by atoms with Crippen LogP contribution >= 0.6 is 0 Å². The Morgan fingerprint density at radius 2 is 1.96 bits per heavy atom. The minimum Gasteiger partial charge on any atom is -0.379 e. The van der Waals surface area contributed by atoms with Crippen LogP contribution in [-0.2, 0) is 9.47 Å². The first-order valence-electron chi connectivity index (χ1n) is 9.63. The highest BCUT2D eigenvalue weighted by molar-refractivity contribution is 5.79. The SMILES string of the molecule is CN=C(NCCCOC1CCOC1)NCCN(C)C1CCCCC1. The summed E-state index contributed by atoms with van der Waals surface area (Å²) < 4.78 is 11.1. The standard InChI is InChI=1S/C18H36N4O2/c1-19-18(20-10-6-13-24-17-9-14-23-15-17)21-11-12-22(2)16-7-4-3-5-8-16/h16-17H,3-15H2,1-2H3,(H2,19,20,21). The summed E-state index contributed by atoms with van der Waals surface area (Å²) in [6.07, 6.45) is 9.23. The molecule has 2 aliphatic rings. The fourth-order valence-corrected chi connectivity index (χ4v) is 3.45. The van der Waals surface area contributed by atoms with Gasteiger partial charge in [0.05, 0.1) is 12.7 Å². The molecule has 24 heavy (non-hydrogen) atoms. The van der Waals surface area contributed by atoms with E-state index in [0.29, 0.717) is 6.10 Å². The average molecular weight is 341 g/mol. The number of nitrogens with one attached hydrogen (secondary N) is 2. The molecular formula is C18H36N4O2. The number of guanidine groups is 1. The van der Waals surface area contributed by atoms with Gasteiger partial charge in [-0.15, -0.1) is 0 Å². The third kappa shape index (κ3) is 7.36. The van der Waals surface area contributed by atoms with E-state index in [0.717, 1.165) is 64.3 Å². The second-order valence-corrected chi connectivity index (χ2v) is 6.91. The van der Waals surface area contributed by atoms with E-state index in [1.165, 1.54) is 32.1 Å². The van der Waals surface area contributed by atoms with Crippen molar-refractivity contribution in [2.75, 3.05) is 53.6 Å². The van der Waals surface area contributed by atoms with Gasteiger partial charge in [0.15, 0.2) is 5.96 Å². The zero-order valence-corrected chi connectivity index (χ0v) is 15.6. The highest BCUT2D eigenvalue weighted by Crippen LogP contribution is 2.21. The molecule has 0 aromatic carbocycles. The van der Waals surface area contributed by atoms with Gasteiger partial charge in [-0.1, -0.05) is 19.3 Å². The van der Waals surface area contributed by atoms with Crippen LogP contribution in [0.4, 0.5) is 0 Å². The fraction of sp³-hybridized carbons (Fsp3) is 0.944. The Kier molecular flexibility index (Phi) is 9.46. The highest BCUT2D eigenvalue weighted by atomic mass is 16.5. The van der Waals surface area contributed by atoms with E-state index in [1.54, 1.807) is 0 Å². The van der Waals surface area contributed by atoms with Crippen molar-refractivity contribution in [2.45, 2.75) is 57.1 Å². The van der Waals surface area contributed by atoms with Gasteiger partial charge in [-0.25, -0.2) is 0 Å².